The van der Waals surface area contributed by atoms with E-state index in [9.17, 15) is 14.0 Å². The van der Waals surface area contributed by atoms with Crippen molar-refractivity contribution >= 4 is 23.5 Å². The smallest absolute Gasteiger partial charge is 0.231 e. The molecule has 1 amide bonds. The molecular weight excluding hydrogens is 463 g/mol. The molecule has 6 nitrogen and oxygen atoms in total. The van der Waals surface area contributed by atoms with E-state index in [0.717, 1.165) is 11.1 Å². The number of carbonyl (C=O) groups excluding carboxylic acids is 2. The SMILES string of the molecule is CC(=O)C(Cc1ccccc1)NC(=O)CSc1nnc(-c2ccccc2F)n1Cc1ccccc1. The highest BCUT2D eigenvalue weighted by Crippen LogP contribution is 2.27. The Morgan fingerprint density at radius 3 is 2.20 bits per heavy atom. The van der Waals surface area contributed by atoms with Crippen LogP contribution in [0.2, 0.25) is 0 Å². The van der Waals surface area contributed by atoms with Gasteiger partial charge in [0.2, 0.25) is 5.91 Å². The number of nitrogens with one attached hydrogen (secondary N) is 1. The predicted molar refractivity (Wildman–Crippen MR) is 134 cm³/mol. The van der Waals surface area contributed by atoms with Crippen molar-refractivity contribution in [3.05, 3.63) is 102 Å². The van der Waals surface area contributed by atoms with Gasteiger partial charge >= 0.3 is 0 Å². The molecule has 1 unspecified atom stereocenters. The van der Waals surface area contributed by atoms with Crippen molar-refractivity contribution in [2.24, 2.45) is 0 Å². The maximum absolute atomic E-state index is 14.5. The van der Waals surface area contributed by atoms with E-state index < -0.39 is 11.9 Å². The summed E-state index contributed by atoms with van der Waals surface area (Å²) in [5, 5.41) is 11.8. The van der Waals surface area contributed by atoms with Gasteiger partial charge in [-0.05, 0) is 36.6 Å². The third-order valence-electron chi connectivity index (χ3n) is 5.46. The van der Waals surface area contributed by atoms with Gasteiger partial charge in [-0.3, -0.25) is 14.2 Å². The highest BCUT2D eigenvalue weighted by Gasteiger charge is 2.21. The quantitative estimate of drug-likeness (QED) is 0.332. The molecule has 1 atom stereocenters. The molecule has 0 saturated heterocycles. The first kappa shape index (κ1) is 24.3. The fourth-order valence-corrected chi connectivity index (χ4v) is 4.41. The zero-order valence-electron chi connectivity index (χ0n) is 19.2. The molecule has 1 N–H and O–H groups in total. The number of amides is 1. The van der Waals surface area contributed by atoms with Crippen LogP contribution in [0.1, 0.15) is 18.1 Å². The number of benzene rings is 3. The fraction of sp³-hybridized carbons (Fsp3) is 0.185. The molecular formula is C27H25FN4O2S. The van der Waals surface area contributed by atoms with Crippen molar-refractivity contribution in [1.29, 1.82) is 0 Å². The van der Waals surface area contributed by atoms with E-state index in [0.29, 0.717) is 29.5 Å². The first-order valence-electron chi connectivity index (χ1n) is 11.2. The highest BCUT2D eigenvalue weighted by molar-refractivity contribution is 7.99. The Bertz CT molecular complexity index is 1300. The minimum atomic E-state index is -0.610. The van der Waals surface area contributed by atoms with E-state index in [1.54, 1.807) is 22.8 Å². The van der Waals surface area contributed by atoms with Crippen molar-refractivity contribution in [3.8, 4) is 11.4 Å². The average Bonchev–Trinajstić information content (AvgIpc) is 3.26. The maximum Gasteiger partial charge on any atom is 0.231 e. The van der Waals surface area contributed by atoms with E-state index in [4.69, 9.17) is 0 Å². The minimum Gasteiger partial charge on any atom is -0.345 e. The van der Waals surface area contributed by atoms with Crippen LogP contribution in [0.5, 0.6) is 0 Å². The number of halogens is 1. The van der Waals surface area contributed by atoms with Crippen LogP contribution in [0.25, 0.3) is 11.4 Å². The Morgan fingerprint density at radius 2 is 1.54 bits per heavy atom. The molecule has 0 fully saturated rings. The second kappa shape index (κ2) is 11.6. The van der Waals surface area contributed by atoms with Gasteiger partial charge < -0.3 is 5.32 Å². The summed E-state index contributed by atoms with van der Waals surface area (Å²) in [4.78, 5) is 24.8. The topological polar surface area (TPSA) is 76.9 Å². The normalized spacial score (nSPS) is 11.7. The van der Waals surface area contributed by atoms with E-state index in [1.165, 1.54) is 24.8 Å². The molecule has 178 valence electrons. The summed E-state index contributed by atoms with van der Waals surface area (Å²) in [6, 6.07) is 25.1. The molecule has 1 aromatic heterocycles. The molecule has 0 saturated carbocycles. The fourth-order valence-electron chi connectivity index (χ4n) is 3.66. The predicted octanol–water partition coefficient (Wildman–Crippen LogP) is 4.54. The lowest BCUT2D eigenvalue weighted by Gasteiger charge is -2.16. The number of aromatic nitrogens is 3. The molecule has 0 aliphatic carbocycles. The van der Waals surface area contributed by atoms with Gasteiger partial charge in [0, 0.05) is 0 Å². The van der Waals surface area contributed by atoms with E-state index in [-0.39, 0.29) is 17.4 Å². The van der Waals surface area contributed by atoms with Crippen LogP contribution in [-0.4, -0.2) is 38.2 Å². The average molecular weight is 489 g/mol. The van der Waals surface area contributed by atoms with Crippen molar-refractivity contribution in [2.45, 2.75) is 31.1 Å². The van der Waals surface area contributed by atoms with Crippen LogP contribution in [0.3, 0.4) is 0 Å². The van der Waals surface area contributed by atoms with Gasteiger partial charge in [-0.2, -0.15) is 0 Å². The summed E-state index contributed by atoms with van der Waals surface area (Å²) in [5.41, 5.74) is 2.31. The summed E-state index contributed by atoms with van der Waals surface area (Å²) in [6.45, 7) is 1.89. The van der Waals surface area contributed by atoms with Gasteiger partial charge in [-0.25, -0.2) is 4.39 Å². The first-order valence-corrected chi connectivity index (χ1v) is 12.2. The monoisotopic (exact) mass is 488 g/mol. The number of hydrogen-bond donors (Lipinski definition) is 1. The largest absolute Gasteiger partial charge is 0.345 e. The van der Waals surface area contributed by atoms with Gasteiger partial charge in [0.25, 0.3) is 0 Å². The van der Waals surface area contributed by atoms with E-state index in [1.807, 2.05) is 60.7 Å². The summed E-state index contributed by atoms with van der Waals surface area (Å²) >= 11 is 1.20. The van der Waals surface area contributed by atoms with Crippen LogP contribution in [-0.2, 0) is 22.6 Å². The lowest BCUT2D eigenvalue weighted by molar-refractivity contribution is -0.125. The number of ketones is 1. The van der Waals surface area contributed by atoms with Crippen LogP contribution < -0.4 is 5.32 Å². The van der Waals surface area contributed by atoms with E-state index >= 15 is 0 Å². The number of hydrogen-bond acceptors (Lipinski definition) is 5. The van der Waals surface area contributed by atoms with Crippen LogP contribution in [0, 0.1) is 5.82 Å². The third-order valence-corrected chi connectivity index (χ3v) is 6.42. The van der Waals surface area contributed by atoms with Gasteiger partial charge in [0.1, 0.15) is 5.82 Å². The molecule has 4 aromatic rings. The third kappa shape index (κ3) is 6.42. The molecule has 0 aliphatic heterocycles. The van der Waals surface area contributed by atoms with Gasteiger partial charge in [0.15, 0.2) is 16.8 Å². The van der Waals surface area contributed by atoms with Gasteiger partial charge in [0.05, 0.1) is 23.9 Å². The molecule has 0 bridgehead atoms. The standard InChI is InChI=1S/C27H25FN4O2S/c1-19(33)24(16-20-10-4-2-5-11-20)29-25(34)18-35-27-31-30-26(22-14-8-9-15-23(22)28)32(27)17-21-12-6-3-7-13-21/h2-15,24H,16-18H2,1H3,(H,29,34). The molecule has 4 rings (SSSR count). The van der Waals surface area contributed by atoms with Gasteiger partial charge in [-0.1, -0.05) is 84.6 Å². The molecule has 0 aliphatic rings. The number of nitrogens with zero attached hydrogens (tertiary/aromatic N) is 3. The Hall–Kier alpha value is -3.78. The molecule has 8 heteroatoms. The Morgan fingerprint density at radius 1 is 0.914 bits per heavy atom. The second-order valence-corrected chi connectivity index (χ2v) is 9.01. The Balaban J connectivity index is 1.50. The van der Waals surface area contributed by atoms with Crippen LogP contribution in [0.4, 0.5) is 4.39 Å². The molecule has 1 heterocycles. The highest BCUT2D eigenvalue weighted by atomic mass is 32.2. The summed E-state index contributed by atoms with van der Waals surface area (Å²) < 4.78 is 16.3. The van der Waals surface area contributed by atoms with Crippen molar-refractivity contribution in [2.75, 3.05) is 5.75 Å². The molecule has 35 heavy (non-hydrogen) atoms. The molecule has 0 radical (unpaired) electrons. The zero-order valence-corrected chi connectivity index (χ0v) is 20.0. The summed E-state index contributed by atoms with van der Waals surface area (Å²) in [5.74, 6) is -0.355. The number of thioether (sulfide) groups is 1. The number of carbonyl (C=O) groups is 2. The van der Waals surface area contributed by atoms with Crippen molar-refractivity contribution in [3.63, 3.8) is 0 Å². The van der Waals surface area contributed by atoms with Crippen molar-refractivity contribution in [1.82, 2.24) is 20.1 Å². The lowest BCUT2D eigenvalue weighted by Crippen LogP contribution is -2.42. The minimum absolute atomic E-state index is 0.0444. The van der Waals surface area contributed by atoms with Crippen LogP contribution >= 0.6 is 11.8 Å². The zero-order chi connectivity index (χ0) is 24.6. The first-order chi connectivity index (χ1) is 17.0. The van der Waals surface area contributed by atoms with E-state index in [2.05, 4.69) is 15.5 Å². The second-order valence-electron chi connectivity index (χ2n) is 8.07. The van der Waals surface area contributed by atoms with Crippen LogP contribution in [0.15, 0.2) is 90.1 Å². The Kier molecular flexibility index (Phi) is 8.05. The maximum atomic E-state index is 14.5. The summed E-state index contributed by atoms with van der Waals surface area (Å²) in [6.07, 6.45) is 0.425. The molecule has 3 aromatic carbocycles. The van der Waals surface area contributed by atoms with Gasteiger partial charge in [-0.15, -0.1) is 10.2 Å². The number of Topliss-reactive ketones (excluding diaryl/α,β-unsaturated/α-hetero) is 1. The Labute approximate surface area is 207 Å². The van der Waals surface area contributed by atoms with Crippen molar-refractivity contribution < 1.29 is 14.0 Å². The number of rotatable bonds is 10. The lowest BCUT2D eigenvalue weighted by atomic mass is 10.0. The molecule has 0 spiro atoms. The summed E-state index contributed by atoms with van der Waals surface area (Å²) in [7, 11) is 0.